The van der Waals surface area contributed by atoms with Crippen LogP contribution < -0.4 is 11.3 Å². The second-order valence-corrected chi connectivity index (χ2v) is 5.48. The van der Waals surface area contributed by atoms with Crippen LogP contribution in [0.3, 0.4) is 0 Å². The van der Waals surface area contributed by atoms with Gasteiger partial charge >= 0.3 is 0 Å². The Morgan fingerprint density at radius 2 is 2.24 bits per heavy atom. The molecule has 0 aliphatic carbocycles. The number of hydrogen-bond acceptors (Lipinski definition) is 4. The first kappa shape index (κ1) is 15.7. The number of anilines is 1. The average molecular weight is 294 g/mol. The molecule has 0 spiro atoms. The topological polar surface area (TPSA) is 61.6 Å². The highest BCUT2D eigenvalue weighted by Crippen LogP contribution is 2.23. The van der Waals surface area contributed by atoms with E-state index in [1.165, 1.54) is 12.1 Å². The van der Waals surface area contributed by atoms with Gasteiger partial charge in [0.25, 0.3) is 5.91 Å². The summed E-state index contributed by atoms with van der Waals surface area (Å²) in [5, 5.41) is 0. The van der Waals surface area contributed by atoms with E-state index in [1.807, 2.05) is 4.90 Å². The van der Waals surface area contributed by atoms with Crippen molar-refractivity contribution in [3.63, 3.8) is 0 Å². The predicted octanol–water partition coefficient (Wildman–Crippen LogP) is 1.67. The summed E-state index contributed by atoms with van der Waals surface area (Å²) < 4.78 is 13.8. The molecule has 1 aromatic rings. The highest BCUT2D eigenvalue weighted by Gasteiger charge is 2.28. The third kappa shape index (κ3) is 3.33. The fourth-order valence-electron chi connectivity index (χ4n) is 2.86. The van der Waals surface area contributed by atoms with Crippen molar-refractivity contribution in [1.29, 1.82) is 0 Å². The van der Waals surface area contributed by atoms with Gasteiger partial charge in [-0.1, -0.05) is 13.0 Å². The molecule has 21 heavy (non-hydrogen) atoms. The molecule has 1 amide bonds. The molecule has 1 aromatic carbocycles. The number of para-hydroxylation sites is 1. The van der Waals surface area contributed by atoms with Crippen molar-refractivity contribution in [2.45, 2.75) is 25.8 Å². The number of nitrogens with one attached hydrogen (secondary N) is 1. The maximum Gasteiger partial charge on any atom is 0.256 e. The number of carbonyl (C=O) groups is 1. The third-order valence-electron chi connectivity index (χ3n) is 4.02. The molecule has 1 unspecified atom stereocenters. The number of hydrazine groups is 1. The van der Waals surface area contributed by atoms with Gasteiger partial charge in [-0.3, -0.25) is 10.6 Å². The SMILES string of the molecule is CCC1CN(C)CCCN1C(=O)c1cccc(F)c1NN. The highest BCUT2D eigenvalue weighted by molar-refractivity contribution is 5.99. The van der Waals surface area contributed by atoms with Gasteiger partial charge in [0.1, 0.15) is 5.82 Å². The van der Waals surface area contributed by atoms with E-state index in [1.54, 1.807) is 6.07 Å². The van der Waals surface area contributed by atoms with Gasteiger partial charge in [0.2, 0.25) is 0 Å². The van der Waals surface area contributed by atoms with Gasteiger partial charge in [-0.05, 0) is 38.6 Å². The fourth-order valence-corrected chi connectivity index (χ4v) is 2.86. The lowest BCUT2D eigenvalue weighted by Gasteiger charge is -2.30. The molecule has 0 radical (unpaired) electrons. The summed E-state index contributed by atoms with van der Waals surface area (Å²) in [6.45, 7) is 4.55. The van der Waals surface area contributed by atoms with Crippen LogP contribution in [0, 0.1) is 5.82 Å². The van der Waals surface area contributed by atoms with Crippen LogP contribution in [0.15, 0.2) is 18.2 Å². The second kappa shape index (κ2) is 6.87. The maximum absolute atomic E-state index is 13.8. The lowest BCUT2D eigenvalue weighted by atomic mass is 10.1. The number of hydrogen-bond donors (Lipinski definition) is 2. The van der Waals surface area contributed by atoms with E-state index in [2.05, 4.69) is 24.3 Å². The molecular formula is C15H23FN4O. The van der Waals surface area contributed by atoms with Gasteiger partial charge in [0.15, 0.2) is 0 Å². The number of nitrogens with zero attached hydrogens (tertiary/aromatic N) is 2. The number of benzene rings is 1. The Morgan fingerprint density at radius 3 is 2.90 bits per heavy atom. The number of rotatable bonds is 3. The van der Waals surface area contributed by atoms with Gasteiger partial charge in [0, 0.05) is 19.1 Å². The number of halogens is 1. The van der Waals surface area contributed by atoms with E-state index in [4.69, 9.17) is 5.84 Å². The molecule has 116 valence electrons. The summed E-state index contributed by atoms with van der Waals surface area (Å²) in [5.74, 6) is 4.70. The minimum atomic E-state index is -0.511. The van der Waals surface area contributed by atoms with Crippen LogP contribution in [0.2, 0.25) is 0 Å². The first-order valence-corrected chi connectivity index (χ1v) is 7.33. The fraction of sp³-hybridized carbons (Fsp3) is 0.533. The van der Waals surface area contributed by atoms with Crippen molar-refractivity contribution >= 4 is 11.6 Å². The average Bonchev–Trinajstić information content (AvgIpc) is 2.67. The van der Waals surface area contributed by atoms with Crippen molar-refractivity contribution < 1.29 is 9.18 Å². The maximum atomic E-state index is 13.8. The Morgan fingerprint density at radius 1 is 1.48 bits per heavy atom. The molecular weight excluding hydrogens is 271 g/mol. The van der Waals surface area contributed by atoms with Gasteiger partial charge in [-0.25, -0.2) is 4.39 Å². The summed E-state index contributed by atoms with van der Waals surface area (Å²) in [5.41, 5.74) is 2.67. The van der Waals surface area contributed by atoms with E-state index in [9.17, 15) is 9.18 Å². The number of carbonyl (C=O) groups excluding carboxylic acids is 1. The number of likely N-dealkylation sites (N-methyl/N-ethyl adjacent to an activating group) is 1. The summed E-state index contributed by atoms with van der Waals surface area (Å²) in [4.78, 5) is 16.9. The second-order valence-electron chi connectivity index (χ2n) is 5.48. The molecule has 3 N–H and O–H groups in total. The zero-order valence-corrected chi connectivity index (χ0v) is 12.6. The quantitative estimate of drug-likeness (QED) is 0.657. The lowest BCUT2D eigenvalue weighted by Crippen LogP contribution is -2.43. The van der Waals surface area contributed by atoms with E-state index in [0.29, 0.717) is 12.1 Å². The Balaban J connectivity index is 2.31. The van der Waals surface area contributed by atoms with Crippen molar-refractivity contribution in [2.75, 3.05) is 32.1 Å². The molecule has 1 fully saturated rings. The summed E-state index contributed by atoms with van der Waals surface area (Å²) in [6.07, 6.45) is 1.79. The largest absolute Gasteiger partial charge is 0.334 e. The smallest absolute Gasteiger partial charge is 0.256 e. The van der Waals surface area contributed by atoms with Crippen molar-refractivity contribution in [1.82, 2.24) is 9.80 Å². The zero-order chi connectivity index (χ0) is 15.4. The van der Waals surface area contributed by atoms with E-state index in [-0.39, 0.29) is 17.6 Å². The molecule has 1 heterocycles. The van der Waals surface area contributed by atoms with Crippen LogP contribution in [0.1, 0.15) is 30.1 Å². The molecule has 2 rings (SSSR count). The number of amides is 1. The van der Waals surface area contributed by atoms with Crippen LogP contribution in [0.5, 0.6) is 0 Å². The van der Waals surface area contributed by atoms with Crippen molar-refractivity contribution in [2.24, 2.45) is 5.84 Å². The van der Waals surface area contributed by atoms with Crippen molar-refractivity contribution in [3.8, 4) is 0 Å². The summed E-state index contributed by atoms with van der Waals surface area (Å²) >= 11 is 0. The molecule has 6 heteroatoms. The minimum Gasteiger partial charge on any atom is -0.334 e. The van der Waals surface area contributed by atoms with Gasteiger partial charge < -0.3 is 15.2 Å². The molecule has 1 aliphatic rings. The predicted molar refractivity (Wildman–Crippen MR) is 81.4 cm³/mol. The molecule has 5 nitrogen and oxygen atoms in total. The van der Waals surface area contributed by atoms with Crippen LogP contribution in [-0.2, 0) is 0 Å². The lowest BCUT2D eigenvalue weighted by molar-refractivity contribution is 0.0676. The molecule has 0 bridgehead atoms. The molecule has 1 saturated heterocycles. The van der Waals surface area contributed by atoms with Gasteiger partial charge in [-0.15, -0.1) is 0 Å². The van der Waals surface area contributed by atoms with E-state index in [0.717, 1.165) is 25.9 Å². The van der Waals surface area contributed by atoms with E-state index < -0.39 is 5.82 Å². The van der Waals surface area contributed by atoms with Crippen LogP contribution in [0.25, 0.3) is 0 Å². The standard InChI is InChI=1S/C15H23FN4O/c1-3-11-10-19(2)8-5-9-20(11)15(21)12-6-4-7-13(16)14(12)18-17/h4,6-7,11,18H,3,5,8-10,17H2,1-2H3. The first-order valence-electron chi connectivity index (χ1n) is 7.33. The van der Waals surface area contributed by atoms with E-state index >= 15 is 0 Å². The molecule has 1 aliphatic heterocycles. The molecule has 0 saturated carbocycles. The van der Waals surface area contributed by atoms with Crippen LogP contribution in [-0.4, -0.2) is 48.4 Å². The Labute approximate surface area is 124 Å². The minimum absolute atomic E-state index is 0.0648. The first-order chi connectivity index (χ1) is 10.1. The Hall–Kier alpha value is -1.66. The molecule has 0 aromatic heterocycles. The van der Waals surface area contributed by atoms with Crippen molar-refractivity contribution in [3.05, 3.63) is 29.6 Å². The summed E-state index contributed by atoms with van der Waals surface area (Å²) in [6, 6.07) is 4.58. The van der Waals surface area contributed by atoms with Gasteiger partial charge in [-0.2, -0.15) is 0 Å². The highest BCUT2D eigenvalue weighted by atomic mass is 19.1. The number of nitrogens with two attached hydrogens (primary N) is 1. The Bertz CT molecular complexity index is 508. The Kier molecular flexibility index (Phi) is 5.14. The van der Waals surface area contributed by atoms with Crippen LogP contribution in [0.4, 0.5) is 10.1 Å². The molecule has 1 atom stereocenters. The third-order valence-corrected chi connectivity index (χ3v) is 4.02. The monoisotopic (exact) mass is 294 g/mol. The number of nitrogen functional groups attached to an aromatic ring is 1. The normalized spacial score (nSPS) is 20.2. The summed E-state index contributed by atoms with van der Waals surface area (Å²) in [7, 11) is 2.06. The zero-order valence-electron chi connectivity index (χ0n) is 12.6. The van der Waals surface area contributed by atoms with Gasteiger partial charge in [0.05, 0.1) is 11.3 Å². The van der Waals surface area contributed by atoms with Crippen LogP contribution >= 0.6 is 0 Å².